The highest BCUT2D eigenvalue weighted by molar-refractivity contribution is 6.32. The number of rotatable bonds is 9. The van der Waals surface area contributed by atoms with Gasteiger partial charge < -0.3 is 19.5 Å². The second-order valence-electron chi connectivity index (χ2n) is 7.10. The number of methoxy groups -OCH3 is 2. The molecule has 35 heavy (non-hydrogen) atoms. The first kappa shape index (κ1) is 25.1. The lowest BCUT2D eigenvalue weighted by Gasteiger charge is -2.13. The van der Waals surface area contributed by atoms with Crippen molar-refractivity contribution in [3.05, 3.63) is 92.5 Å². The van der Waals surface area contributed by atoms with Gasteiger partial charge in [0.1, 0.15) is 35.5 Å². The van der Waals surface area contributed by atoms with E-state index >= 15 is 0 Å². The molecule has 0 heterocycles. The molecule has 0 spiro atoms. The summed E-state index contributed by atoms with van der Waals surface area (Å²) in [5, 5.41) is 23.3. The zero-order chi connectivity index (χ0) is 25.4. The third kappa shape index (κ3) is 6.50. The molecular formula is C25H20ClN3O6. The average molecular weight is 494 g/mol. The fraction of sp³-hybridized carbons (Fsp3) is 0.120. The van der Waals surface area contributed by atoms with Crippen molar-refractivity contribution in [3.63, 3.8) is 0 Å². The van der Waals surface area contributed by atoms with Crippen LogP contribution in [0.25, 0.3) is 6.08 Å². The van der Waals surface area contributed by atoms with Crippen LogP contribution < -0.4 is 19.5 Å². The first-order valence-electron chi connectivity index (χ1n) is 10.2. The van der Waals surface area contributed by atoms with E-state index in [1.54, 1.807) is 36.4 Å². The van der Waals surface area contributed by atoms with Gasteiger partial charge in [0.05, 0.1) is 29.9 Å². The molecule has 1 N–H and O–H groups in total. The Morgan fingerprint density at radius 2 is 1.83 bits per heavy atom. The Hall–Kier alpha value is -4.55. The quantitative estimate of drug-likeness (QED) is 0.183. The molecule has 9 nitrogen and oxygen atoms in total. The van der Waals surface area contributed by atoms with Crippen LogP contribution in [0.1, 0.15) is 11.1 Å². The highest BCUT2D eigenvalue weighted by atomic mass is 35.5. The monoisotopic (exact) mass is 493 g/mol. The van der Waals surface area contributed by atoms with Gasteiger partial charge in [-0.3, -0.25) is 14.9 Å². The molecule has 0 atom stereocenters. The van der Waals surface area contributed by atoms with E-state index in [0.29, 0.717) is 39.1 Å². The van der Waals surface area contributed by atoms with Crippen molar-refractivity contribution in [2.24, 2.45) is 0 Å². The van der Waals surface area contributed by atoms with Gasteiger partial charge in [-0.05, 0) is 29.3 Å². The third-order valence-electron chi connectivity index (χ3n) is 4.81. The standard InChI is InChI=1S/C25H20ClN3O6/c1-33-23-13-22(24(34-2)12-21(23)26)28-25(30)18(14-27)10-16-6-8-20(9-7-16)35-15-17-4-3-5-19(11-17)29(31)32/h3-13H,15H2,1-2H3,(H,28,30)/b18-10+. The molecule has 178 valence electrons. The minimum atomic E-state index is -0.638. The number of hydrogen-bond donors (Lipinski definition) is 1. The van der Waals surface area contributed by atoms with E-state index in [1.807, 2.05) is 6.07 Å². The smallest absolute Gasteiger partial charge is 0.269 e. The van der Waals surface area contributed by atoms with Crippen molar-refractivity contribution in [1.82, 2.24) is 0 Å². The molecule has 10 heteroatoms. The van der Waals surface area contributed by atoms with Gasteiger partial charge in [0, 0.05) is 24.3 Å². The van der Waals surface area contributed by atoms with Gasteiger partial charge in [-0.2, -0.15) is 5.26 Å². The summed E-state index contributed by atoms with van der Waals surface area (Å²) in [6.07, 6.45) is 1.43. The third-order valence-corrected chi connectivity index (χ3v) is 5.10. The first-order chi connectivity index (χ1) is 16.8. The lowest BCUT2D eigenvalue weighted by molar-refractivity contribution is -0.384. The van der Waals surface area contributed by atoms with Crippen molar-refractivity contribution < 1.29 is 23.9 Å². The van der Waals surface area contributed by atoms with Crippen molar-refractivity contribution in [2.45, 2.75) is 6.61 Å². The molecule has 3 aromatic carbocycles. The van der Waals surface area contributed by atoms with E-state index in [2.05, 4.69) is 5.32 Å². The fourth-order valence-electron chi connectivity index (χ4n) is 3.05. The number of nitrogens with one attached hydrogen (secondary N) is 1. The summed E-state index contributed by atoms with van der Waals surface area (Å²) < 4.78 is 16.1. The Morgan fingerprint density at radius 3 is 2.46 bits per heavy atom. The normalized spacial score (nSPS) is 10.7. The van der Waals surface area contributed by atoms with Crippen molar-refractivity contribution >= 4 is 35.0 Å². The summed E-state index contributed by atoms with van der Waals surface area (Å²) in [4.78, 5) is 23.1. The van der Waals surface area contributed by atoms with E-state index < -0.39 is 10.8 Å². The van der Waals surface area contributed by atoms with Gasteiger partial charge in [0.25, 0.3) is 11.6 Å². The minimum absolute atomic E-state index is 0.0106. The highest BCUT2D eigenvalue weighted by Gasteiger charge is 2.15. The summed E-state index contributed by atoms with van der Waals surface area (Å²) in [5.74, 6) is 0.536. The van der Waals surface area contributed by atoms with Crippen LogP contribution in [0, 0.1) is 21.4 Å². The lowest BCUT2D eigenvalue weighted by Crippen LogP contribution is -2.14. The molecule has 0 unspecified atom stereocenters. The Balaban J connectivity index is 1.70. The number of nitro groups is 1. The van der Waals surface area contributed by atoms with Crippen molar-refractivity contribution in [1.29, 1.82) is 5.26 Å². The molecule has 1 amide bonds. The molecule has 0 saturated heterocycles. The number of nitriles is 1. The Bertz CT molecular complexity index is 1320. The van der Waals surface area contributed by atoms with E-state index in [0.717, 1.165) is 0 Å². The average Bonchev–Trinajstić information content (AvgIpc) is 2.87. The summed E-state index contributed by atoms with van der Waals surface area (Å²) in [5.41, 5.74) is 1.40. The van der Waals surface area contributed by atoms with Crippen LogP contribution in [0.15, 0.2) is 66.2 Å². The van der Waals surface area contributed by atoms with Crippen LogP contribution in [0.2, 0.25) is 5.02 Å². The number of carbonyl (C=O) groups excluding carboxylic acids is 1. The number of non-ortho nitro benzene ring substituents is 1. The number of ether oxygens (including phenoxy) is 3. The molecule has 3 rings (SSSR count). The van der Waals surface area contributed by atoms with Crippen molar-refractivity contribution in [3.8, 4) is 23.3 Å². The van der Waals surface area contributed by atoms with Gasteiger partial charge in [0.15, 0.2) is 0 Å². The van der Waals surface area contributed by atoms with Crippen LogP contribution in [-0.4, -0.2) is 25.1 Å². The molecule has 0 aromatic heterocycles. The largest absolute Gasteiger partial charge is 0.495 e. The second kappa shape index (κ2) is 11.5. The molecular weight excluding hydrogens is 474 g/mol. The number of halogens is 1. The van der Waals surface area contributed by atoms with E-state index in [4.69, 9.17) is 25.8 Å². The first-order valence-corrected chi connectivity index (χ1v) is 10.5. The number of benzene rings is 3. The van der Waals surface area contributed by atoms with Gasteiger partial charge >= 0.3 is 0 Å². The van der Waals surface area contributed by atoms with Crippen LogP contribution in [0.4, 0.5) is 11.4 Å². The number of nitro benzene ring substituents is 1. The second-order valence-corrected chi connectivity index (χ2v) is 7.50. The molecule has 0 aliphatic rings. The Labute approximate surface area is 206 Å². The number of carbonyl (C=O) groups is 1. The maximum absolute atomic E-state index is 12.7. The van der Waals surface area contributed by atoms with Crippen molar-refractivity contribution in [2.75, 3.05) is 19.5 Å². The molecule has 3 aromatic rings. The van der Waals surface area contributed by atoms with E-state index in [-0.39, 0.29) is 17.9 Å². The molecule has 0 bridgehead atoms. The number of anilines is 1. The van der Waals surface area contributed by atoms with Gasteiger partial charge in [0.2, 0.25) is 0 Å². The van der Waals surface area contributed by atoms with Crippen LogP contribution >= 0.6 is 11.6 Å². The van der Waals surface area contributed by atoms with Gasteiger partial charge in [-0.15, -0.1) is 0 Å². The van der Waals surface area contributed by atoms with Crippen LogP contribution in [0.5, 0.6) is 17.2 Å². The number of nitrogens with zero attached hydrogens (tertiary/aromatic N) is 2. The highest BCUT2D eigenvalue weighted by Crippen LogP contribution is 2.36. The number of amides is 1. The summed E-state index contributed by atoms with van der Waals surface area (Å²) in [7, 11) is 2.87. The molecule has 0 fully saturated rings. The SMILES string of the molecule is COc1cc(NC(=O)/C(C#N)=C/c2ccc(OCc3cccc([N+](=O)[O-])c3)cc2)c(OC)cc1Cl. The topological polar surface area (TPSA) is 124 Å². The predicted molar refractivity (Wildman–Crippen MR) is 131 cm³/mol. The zero-order valence-electron chi connectivity index (χ0n) is 18.8. The van der Waals surface area contributed by atoms with Gasteiger partial charge in [-0.1, -0.05) is 35.9 Å². The lowest BCUT2D eigenvalue weighted by atomic mass is 10.1. The summed E-state index contributed by atoms with van der Waals surface area (Å²) in [6, 6.07) is 17.8. The zero-order valence-corrected chi connectivity index (χ0v) is 19.5. The predicted octanol–water partition coefficient (Wildman–Crippen LogP) is 5.39. The Morgan fingerprint density at radius 1 is 1.11 bits per heavy atom. The molecule has 0 radical (unpaired) electrons. The fourth-order valence-corrected chi connectivity index (χ4v) is 3.28. The number of hydrogen-bond acceptors (Lipinski definition) is 7. The summed E-state index contributed by atoms with van der Waals surface area (Å²) >= 11 is 6.08. The van der Waals surface area contributed by atoms with Gasteiger partial charge in [-0.25, -0.2) is 0 Å². The minimum Gasteiger partial charge on any atom is -0.495 e. The summed E-state index contributed by atoms with van der Waals surface area (Å²) in [6.45, 7) is 0.148. The molecule has 0 aliphatic carbocycles. The Kier molecular flexibility index (Phi) is 8.27. The van der Waals surface area contributed by atoms with Crippen LogP contribution in [-0.2, 0) is 11.4 Å². The van der Waals surface area contributed by atoms with E-state index in [1.165, 1.54) is 44.6 Å². The molecule has 0 aliphatic heterocycles. The maximum atomic E-state index is 12.7. The maximum Gasteiger partial charge on any atom is 0.269 e. The van der Waals surface area contributed by atoms with E-state index in [9.17, 15) is 20.2 Å². The molecule has 0 saturated carbocycles. The van der Waals surface area contributed by atoms with Crippen LogP contribution in [0.3, 0.4) is 0 Å².